The Morgan fingerprint density at radius 1 is 1.43 bits per heavy atom. The molecular weight excluding hydrogens is 442 g/mol. The van der Waals surface area contributed by atoms with Gasteiger partial charge in [-0.1, -0.05) is 25.4 Å². The number of pyridine rings is 1. The molecule has 28 heavy (non-hydrogen) atoms. The molecule has 1 atom stereocenters. The van der Waals surface area contributed by atoms with E-state index in [0.717, 1.165) is 47.2 Å². The van der Waals surface area contributed by atoms with Crippen LogP contribution in [0.1, 0.15) is 54.3 Å². The molecule has 1 unspecified atom stereocenters. The Balaban J connectivity index is 1.67. The Kier molecular flexibility index (Phi) is 5.22. The predicted molar refractivity (Wildman–Crippen MR) is 113 cm³/mol. The van der Waals surface area contributed by atoms with Gasteiger partial charge in [-0.25, -0.2) is 4.52 Å². The summed E-state index contributed by atoms with van der Waals surface area (Å²) in [5, 5.41) is 9.54. The van der Waals surface area contributed by atoms with Crippen LogP contribution in [0.4, 0.5) is 0 Å². The fraction of sp³-hybridized carbons (Fsp3) is 0.450. The van der Waals surface area contributed by atoms with Crippen molar-refractivity contribution in [3.05, 3.63) is 51.0 Å². The zero-order valence-corrected chi connectivity index (χ0v) is 18.5. The summed E-state index contributed by atoms with van der Waals surface area (Å²) in [5.74, 6) is 0.469. The van der Waals surface area contributed by atoms with Crippen molar-refractivity contribution in [2.45, 2.75) is 46.2 Å². The molecule has 0 bridgehead atoms. The van der Waals surface area contributed by atoms with Crippen molar-refractivity contribution in [1.82, 2.24) is 24.3 Å². The van der Waals surface area contributed by atoms with Crippen LogP contribution < -0.4 is 0 Å². The monoisotopic (exact) mass is 463 g/mol. The molecule has 8 heteroatoms. The second-order valence-electron chi connectivity index (χ2n) is 7.76. The Labute approximate surface area is 177 Å². The van der Waals surface area contributed by atoms with Crippen LogP contribution >= 0.6 is 27.5 Å². The Hall–Kier alpha value is -1.86. The van der Waals surface area contributed by atoms with Crippen LogP contribution in [0.15, 0.2) is 29.0 Å². The van der Waals surface area contributed by atoms with Gasteiger partial charge in [-0.05, 0) is 53.7 Å². The predicted octanol–water partition coefficient (Wildman–Crippen LogP) is 4.89. The zero-order valence-electron chi connectivity index (χ0n) is 16.2. The lowest BCUT2D eigenvalue weighted by Gasteiger charge is -2.25. The summed E-state index contributed by atoms with van der Waals surface area (Å²) < 4.78 is 4.49. The highest BCUT2D eigenvalue weighted by atomic mass is 79.9. The number of nitrogens with zero attached hydrogens (tertiary/aromatic N) is 5. The summed E-state index contributed by atoms with van der Waals surface area (Å²) in [6.07, 6.45) is 5.41. The minimum absolute atomic E-state index is 0.0187. The first-order chi connectivity index (χ1) is 13.4. The summed E-state index contributed by atoms with van der Waals surface area (Å²) in [4.78, 5) is 15.3. The Morgan fingerprint density at radius 2 is 2.21 bits per heavy atom. The van der Waals surface area contributed by atoms with Gasteiger partial charge in [0.1, 0.15) is 5.15 Å². The van der Waals surface area contributed by atoms with Crippen molar-refractivity contribution in [1.29, 1.82) is 0 Å². The highest BCUT2D eigenvalue weighted by molar-refractivity contribution is 9.10. The fourth-order valence-electron chi connectivity index (χ4n) is 3.97. The Morgan fingerprint density at radius 3 is 2.96 bits per heavy atom. The molecule has 4 rings (SSSR count). The topological polar surface area (TPSA) is 55.4 Å². The second-order valence-corrected chi connectivity index (χ2v) is 8.97. The highest BCUT2D eigenvalue weighted by Gasteiger charge is 2.35. The van der Waals surface area contributed by atoms with E-state index in [1.54, 1.807) is 10.7 Å². The van der Waals surface area contributed by atoms with Crippen LogP contribution in [-0.4, -0.2) is 36.7 Å². The lowest BCUT2D eigenvalue weighted by atomic mass is 10.0. The van der Waals surface area contributed by atoms with E-state index in [1.165, 1.54) is 0 Å². The number of aromatic nitrogens is 4. The van der Waals surface area contributed by atoms with Crippen molar-refractivity contribution in [3.8, 4) is 0 Å². The van der Waals surface area contributed by atoms with Crippen LogP contribution in [0.25, 0.3) is 5.52 Å². The van der Waals surface area contributed by atoms with Crippen molar-refractivity contribution in [2.24, 2.45) is 5.92 Å². The van der Waals surface area contributed by atoms with Crippen LogP contribution in [0.3, 0.4) is 0 Å². The zero-order chi connectivity index (χ0) is 20.0. The van der Waals surface area contributed by atoms with E-state index in [2.05, 4.69) is 40.0 Å². The lowest BCUT2D eigenvalue weighted by molar-refractivity contribution is 0.0735. The van der Waals surface area contributed by atoms with Crippen LogP contribution in [-0.2, 0) is 6.54 Å². The molecule has 0 aromatic carbocycles. The maximum atomic E-state index is 13.3. The lowest BCUT2D eigenvalue weighted by Crippen LogP contribution is -2.31. The minimum atomic E-state index is -0.0366. The van der Waals surface area contributed by atoms with E-state index in [9.17, 15) is 4.79 Å². The third-order valence-electron chi connectivity index (χ3n) is 5.22. The largest absolute Gasteiger partial charge is 0.331 e. The molecule has 4 heterocycles. The third kappa shape index (κ3) is 3.35. The number of halogens is 2. The fourth-order valence-corrected chi connectivity index (χ4v) is 4.73. The summed E-state index contributed by atoms with van der Waals surface area (Å²) in [7, 11) is 0. The van der Waals surface area contributed by atoms with Crippen molar-refractivity contribution in [2.75, 3.05) is 6.54 Å². The number of carbonyl (C=O) groups is 1. The maximum Gasteiger partial charge on any atom is 0.254 e. The second kappa shape index (κ2) is 7.52. The maximum absolute atomic E-state index is 13.3. The number of carbonyl (C=O) groups excluding carboxylic acids is 1. The number of amides is 1. The first kappa shape index (κ1) is 19.5. The van der Waals surface area contributed by atoms with Gasteiger partial charge >= 0.3 is 0 Å². The van der Waals surface area contributed by atoms with Gasteiger partial charge in [-0.2, -0.15) is 10.2 Å². The molecule has 3 aromatic rings. The van der Waals surface area contributed by atoms with Crippen molar-refractivity contribution in [3.63, 3.8) is 0 Å². The average Bonchev–Trinajstić information content (AvgIpc) is 3.33. The van der Waals surface area contributed by atoms with E-state index >= 15 is 0 Å². The number of aryl methyl sites for hydroxylation is 1. The van der Waals surface area contributed by atoms with E-state index in [4.69, 9.17) is 11.6 Å². The van der Waals surface area contributed by atoms with Gasteiger partial charge in [-0.3, -0.25) is 9.48 Å². The molecule has 3 aromatic heterocycles. The molecule has 0 saturated carbocycles. The summed E-state index contributed by atoms with van der Waals surface area (Å²) in [6.45, 7) is 7.76. The summed E-state index contributed by atoms with van der Waals surface area (Å²) in [5.41, 5.74) is 3.42. The van der Waals surface area contributed by atoms with Gasteiger partial charge < -0.3 is 4.90 Å². The smallest absolute Gasteiger partial charge is 0.254 e. The number of hydrogen-bond acceptors (Lipinski definition) is 3. The molecule has 0 spiro atoms. The van der Waals surface area contributed by atoms with Gasteiger partial charge in [0.15, 0.2) is 0 Å². The molecule has 1 aliphatic heterocycles. The van der Waals surface area contributed by atoms with Crippen LogP contribution in [0.2, 0.25) is 5.15 Å². The molecule has 1 saturated heterocycles. The summed E-state index contributed by atoms with van der Waals surface area (Å²) >= 11 is 10.2. The molecule has 0 aliphatic carbocycles. The first-order valence-corrected chi connectivity index (χ1v) is 10.7. The first-order valence-electron chi connectivity index (χ1n) is 9.53. The van der Waals surface area contributed by atoms with Gasteiger partial charge in [-0.15, -0.1) is 0 Å². The van der Waals surface area contributed by atoms with Crippen LogP contribution in [0.5, 0.6) is 0 Å². The molecule has 0 N–H and O–H groups in total. The molecule has 148 valence electrons. The van der Waals surface area contributed by atoms with Crippen molar-refractivity contribution >= 4 is 39.0 Å². The van der Waals surface area contributed by atoms with E-state index in [-0.39, 0.29) is 11.9 Å². The normalized spacial score (nSPS) is 17.2. The minimum Gasteiger partial charge on any atom is -0.331 e. The van der Waals surface area contributed by atoms with E-state index in [1.807, 2.05) is 34.8 Å². The van der Waals surface area contributed by atoms with Crippen LogP contribution in [0, 0.1) is 12.8 Å². The molecule has 6 nitrogen and oxygen atoms in total. The molecule has 1 aliphatic rings. The number of likely N-dealkylation sites (tertiary alicyclic amines) is 1. The highest BCUT2D eigenvalue weighted by Crippen LogP contribution is 2.39. The van der Waals surface area contributed by atoms with E-state index < -0.39 is 0 Å². The van der Waals surface area contributed by atoms with Gasteiger partial charge in [0.25, 0.3) is 5.91 Å². The Bertz CT molecular complexity index is 1040. The molecular formula is C20H23BrClN5O. The van der Waals surface area contributed by atoms with Gasteiger partial charge in [0.05, 0.1) is 27.9 Å². The number of fused-ring (bicyclic) bond motifs is 1. The van der Waals surface area contributed by atoms with Gasteiger partial charge in [0, 0.05) is 30.4 Å². The number of hydrogen-bond donors (Lipinski definition) is 0. The standard InChI is InChI=1S/C20H23BrClN5O/c1-12(2)11-27-19(22)18(13(3)24-27)16-5-4-7-25(16)20(28)14-6-8-26-17(9-14)15(21)10-23-26/h6,8-10,12,16H,4-5,7,11H2,1-3H3. The summed E-state index contributed by atoms with van der Waals surface area (Å²) in [6, 6.07) is 3.66. The number of rotatable bonds is 4. The average molecular weight is 465 g/mol. The molecule has 1 fully saturated rings. The third-order valence-corrected chi connectivity index (χ3v) is 6.23. The van der Waals surface area contributed by atoms with Crippen molar-refractivity contribution < 1.29 is 4.79 Å². The molecule has 0 radical (unpaired) electrons. The van der Waals surface area contributed by atoms with Gasteiger partial charge in [0.2, 0.25) is 0 Å². The molecule has 1 amide bonds. The quantitative estimate of drug-likeness (QED) is 0.552. The van der Waals surface area contributed by atoms with E-state index in [0.29, 0.717) is 16.6 Å². The SMILES string of the molecule is Cc1nn(CC(C)C)c(Cl)c1C1CCCN1C(=O)c1ccn2ncc(Br)c2c1.